The van der Waals surface area contributed by atoms with Crippen molar-refractivity contribution in [3.63, 3.8) is 0 Å². The lowest BCUT2D eigenvalue weighted by Gasteiger charge is -2.32. The van der Waals surface area contributed by atoms with Crippen LogP contribution in [0.25, 0.3) is 0 Å². The molecule has 5 heteroatoms. The molecule has 1 saturated heterocycles. The SMILES string of the molecule is CNCC1CCCN(C(=O)c2ccc(SCc3ccccc3)cc2)C1.Cl. The summed E-state index contributed by atoms with van der Waals surface area (Å²) < 4.78 is 0. The van der Waals surface area contributed by atoms with E-state index in [9.17, 15) is 4.79 Å². The van der Waals surface area contributed by atoms with Crippen LogP contribution in [0.4, 0.5) is 0 Å². The smallest absolute Gasteiger partial charge is 0.253 e. The second-order valence-electron chi connectivity index (χ2n) is 6.62. The van der Waals surface area contributed by atoms with Gasteiger partial charge in [-0.2, -0.15) is 0 Å². The molecule has 3 nitrogen and oxygen atoms in total. The lowest BCUT2D eigenvalue weighted by atomic mass is 9.97. The fourth-order valence-electron chi connectivity index (χ4n) is 3.32. The maximum absolute atomic E-state index is 12.7. The number of rotatable bonds is 6. The number of hydrogen-bond donors (Lipinski definition) is 1. The number of nitrogens with one attached hydrogen (secondary N) is 1. The standard InChI is InChI=1S/C21H26N2OS.ClH/c1-22-14-18-8-5-13-23(15-18)21(24)19-9-11-20(12-10-19)25-16-17-6-3-2-4-7-17;/h2-4,6-7,9-12,18,22H,5,8,13-16H2,1H3;1H. The zero-order valence-electron chi connectivity index (χ0n) is 15.2. The third kappa shape index (κ3) is 5.76. The molecule has 26 heavy (non-hydrogen) atoms. The van der Waals surface area contributed by atoms with Crippen LogP contribution in [0, 0.1) is 5.92 Å². The summed E-state index contributed by atoms with van der Waals surface area (Å²) >= 11 is 1.80. The number of carbonyl (C=O) groups is 1. The van der Waals surface area contributed by atoms with Crippen LogP contribution in [0.5, 0.6) is 0 Å². The van der Waals surface area contributed by atoms with Crippen LogP contribution in [0.3, 0.4) is 0 Å². The highest BCUT2D eigenvalue weighted by atomic mass is 35.5. The average Bonchev–Trinajstić information content (AvgIpc) is 2.67. The zero-order chi connectivity index (χ0) is 17.5. The Morgan fingerprint density at radius 1 is 1.15 bits per heavy atom. The normalized spacial score (nSPS) is 16.8. The van der Waals surface area contributed by atoms with Crippen LogP contribution in [-0.2, 0) is 5.75 Å². The molecule has 2 aromatic rings. The van der Waals surface area contributed by atoms with Crippen molar-refractivity contribution in [1.82, 2.24) is 10.2 Å². The van der Waals surface area contributed by atoms with Crippen LogP contribution < -0.4 is 5.32 Å². The van der Waals surface area contributed by atoms with E-state index in [0.717, 1.165) is 37.4 Å². The topological polar surface area (TPSA) is 32.3 Å². The quantitative estimate of drug-likeness (QED) is 0.738. The third-order valence-corrected chi connectivity index (χ3v) is 5.73. The van der Waals surface area contributed by atoms with Crippen LogP contribution in [0.2, 0.25) is 0 Å². The molecular formula is C21H27ClN2OS. The summed E-state index contributed by atoms with van der Waals surface area (Å²) in [5.74, 6) is 1.69. The first-order chi connectivity index (χ1) is 12.3. The van der Waals surface area contributed by atoms with Crippen LogP contribution in [-0.4, -0.2) is 37.5 Å². The van der Waals surface area contributed by atoms with Crippen molar-refractivity contribution < 1.29 is 4.79 Å². The molecule has 0 bridgehead atoms. The Hall–Kier alpha value is -1.49. The van der Waals surface area contributed by atoms with E-state index in [2.05, 4.69) is 41.7 Å². The number of likely N-dealkylation sites (tertiary alicyclic amines) is 1. The van der Waals surface area contributed by atoms with E-state index in [1.165, 1.54) is 16.9 Å². The summed E-state index contributed by atoms with van der Waals surface area (Å²) in [6.45, 7) is 2.73. The Labute approximate surface area is 167 Å². The molecule has 2 aromatic carbocycles. The second kappa shape index (κ2) is 10.6. The Balaban J connectivity index is 0.00000243. The summed E-state index contributed by atoms with van der Waals surface area (Å²) in [4.78, 5) is 16.0. The molecular weight excluding hydrogens is 364 g/mol. The molecule has 1 amide bonds. The zero-order valence-corrected chi connectivity index (χ0v) is 16.8. The van der Waals surface area contributed by atoms with Gasteiger partial charge >= 0.3 is 0 Å². The number of carbonyl (C=O) groups excluding carboxylic acids is 1. The van der Waals surface area contributed by atoms with Gasteiger partial charge in [-0.1, -0.05) is 30.3 Å². The first-order valence-electron chi connectivity index (χ1n) is 8.97. The van der Waals surface area contributed by atoms with Gasteiger partial charge in [-0.05, 0) is 62.2 Å². The number of benzene rings is 2. The van der Waals surface area contributed by atoms with Crippen molar-refractivity contribution in [2.45, 2.75) is 23.5 Å². The van der Waals surface area contributed by atoms with Gasteiger partial charge in [-0.3, -0.25) is 4.79 Å². The minimum absolute atomic E-state index is 0. The van der Waals surface area contributed by atoms with Gasteiger partial charge in [0.25, 0.3) is 5.91 Å². The summed E-state index contributed by atoms with van der Waals surface area (Å²) in [7, 11) is 1.98. The van der Waals surface area contributed by atoms with Gasteiger partial charge in [-0.15, -0.1) is 24.2 Å². The molecule has 1 unspecified atom stereocenters. The van der Waals surface area contributed by atoms with E-state index >= 15 is 0 Å². The minimum Gasteiger partial charge on any atom is -0.338 e. The molecule has 1 aliphatic rings. The van der Waals surface area contributed by atoms with E-state index in [1.54, 1.807) is 11.8 Å². The molecule has 140 valence electrons. The maximum Gasteiger partial charge on any atom is 0.253 e. The summed E-state index contributed by atoms with van der Waals surface area (Å²) in [6, 6.07) is 18.5. The van der Waals surface area contributed by atoms with Crippen molar-refractivity contribution in [2.24, 2.45) is 5.92 Å². The van der Waals surface area contributed by atoms with E-state index in [1.807, 2.05) is 30.1 Å². The number of hydrogen-bond acceptors (Lipinski definition) is 3. The molecule has 0 aliphatic carbocycles. The lowest BCUT2D eigenvalue weighted by Crippen LogP contribution is -2.42. The van der Waals surface area contributed by atoms with Gasteiger partial charge in [0.15, 0.2) is 0 Å². The minimum atomic E-state index is 0. The van der Waals surface area contributed by atoms with E-state index in [0.29, 0.717) is 5.92 Å². The van der Waals surface area contributed by atoms with Crippen LogP contribution in [0.1, 0.15) is 28.8 Å². The lowest BCUT2D eigenvalue weighted by molar-refractivity contribution is 0.0674. The Morgan fingerprint density at radius 2 is 1.88 bits per heavy atom. The Bertz CT molecular complexity index is 676. The van der Waals surface area contributed by atoms with Gasteiger partial charge in [0, 0.05) is 29.3 Å². The fourth-order valence-corrected chi connectivity index (χ4v) is 4.18. The fraction of sp³-hybridized carbons (Fsp3) is 0.381. The van der Waals surface area contributed by atoms with E-state index < -0.39 is 0 Å². The molecule has 0 aromatic heterocycles. The summed E-state index contributed by atoms with van der Waals surface area (Å²) in [6.07, 6.45) is 2.31. The van der Waals surface area contributed by atoms with Crippen molar-refractivity contribution in [2.75, 3.05) is 26.7 Å². The van der Waals surface area contributed by atoms with Crippen molar-refractivity contribution >= 4 is 30.1 Å². The highest BCUT2D eigenvalue weighted by molar-refractivity contribution is 7.98. The molecule has 0 radical (unpaired) electrons. The Morgan fingerprint density at radius 3 is 2.58 bits per heavy atom. The van der Waals surface area contributed by atoms with Crippen molar-refractivity contribution in [1.29, 1.82) is 0 Å². The first-order valence-corrected chi connectivity index (χ1v) is 9.95. The highest BCUT2D eigenvalue weighted by Crippen LogP contribution is 2.24. The van der Waals surface area contributed by atoms with E-state index in [-0.39, 0.29) is 18.3 Å². The average molecular weight is 391 g/mol. The molecule has 0 spiro atoms. The van der Waals surface area contributed by atoms with Gasteiger partial charge < -0.3 is 10.2 Å². The highest BCUT2D eigenvalue weighted by Gasteiger charge is 2.23. The van der Waals surface area contributed by atoms with Gasteiger partial charge in [0.1, 0.15) is 0 Å². The molecule has 0 saturated carbocycles. The summed E-state index contributed by atoms with van der Waals surface area (Å²) in [5, 5.41) is 3.23. The molecule has 3 rings (SSSR count). The molecule has 1 atom stereocenters. The predicted octanol–water partition coefficient (Wildman–Crippen LogP) is 4.47. The molecule has 1 fully saturated rings. The number of nitrogens with zero attached hydrogens (tertiary/aromatic N) is 1. The van der Waals surface area contributed by atoms with E-state index in [4.69, 9.17) is 0 Å². The number of piperidine rings is 1. The van der Waals surface area contributed by atoms with Crippen LogP contribution >= 0.6 is 24.2 Å². The second-order valence-corrected chi connectivity index (χ2v) is 7.66. The predicted molar refractivity (Wildman–Crippen MR) is 112 cm³/mol. The monoisotopic (exact) mass is 390 g/mol. The Kier molecular flexibility index (Phi) is 8.49. The largest absolute Gasteiger partial charge is 0.338 e. The summed E-state index contributed by atoms with van der Waals surface area (Å²) in [5.41, 5.74) is 2.12. The van der Waals surface area contributed by atoms with Gasteiger partial charge in [0.05, 0.1) is 0 Å². The van der Waals surface area contributed by atoms with Gasteiger partial charge in [0.2, 0.25) is 0 Å². The number of thioether (sulfide) groups is 1. The first kappa shape index (κ1) is 20.8. The number of amides is 1. The number of halogens is 1. The molecule has 1 aliphatic heterocycles. The molecule has 1 N–H and O–H groups in total. The third-order valence-electron chi connectivity index (χ3n) is 4.65. The molecule has 1 heterocycles. The van der Waals surface area contributed by atoms with Crippen molar-refractivity contribution in [3.05, 3.63) is 65.7 Å². The van der Waals surface area contributed by atoms with Crippen LogP contribution in [0.15, 0.2) is 59.5 Å². The maximum atomic E-state index is 12.7. The van der Waals surface area contributed by atoms with Crippen molar-refractivity contribution in [3.8, 4) is 0 Å². The van der Waals surface area contributed by atoms with Gasteiger partial charge in [-0.25, -0.2) is 0 Å².